The van der Waals surface area contributed by atoms with Gasteiger partial charge in [0.25, 0.3) is 0 Å². The Morgan fingerprint density at radius 3 is 2.67 bits per heavy atom. The van der Waals surface area contributed by atoms with E-state index in [2.05, 4.69) is 4.98 Å². The summed E-state index contributed by atoms with van der Waals surface area (Å²) in [5, 5.41) is 1.69. The fraction of sp³-hybridized carbons (Fsp3) is 0.118. The van der Waals surface area contributed by atoms with Crippen molar-refractivity contribution in [2.24, 2.45) is 5.73 Å². The van der Waals surface area contributed by atoms with E-state index in [1.54, 1.807) is 6.20 Å². The molecule has 0 saturated carbocycles. The highest BCUT2D eigenvalue weighted by atomic mass is 35.5. The Labute approximate surface area is 128 Å². The first kappa shape index (κ1) is 13.9. The fourth-order valence-corrected chi connectivity index (χ4v) is 2.56. The van der Waals surface area contributed by atoms with E-state index in [0.717, 1.165) is 16.5 Å². The standard InChI is InChI=1S/C17H15ClN2O/c18-14-8-2-1-7-13(14)16(11-19)21-15-9-3-5-12-6-4-10-20-17(12)15/h1-10,16H,11,19H2. The number of aromatic nitrogens is 1. The van der Waals surface area contributed by atoms with Gasteiger partial charge in [-0.3, -0.25) is 4.98 Å². The van der Waals surface area contributed by atoms with Crippen LogP contribution in [0.4, 0.5) is 0 Å². The molecule has 0 fully saturated rings. The summed E-state index contributed by atoms with van der Waals surface area (Å²) in [6.07, 6.45) is 1.45. The van der Waals surface area contributed by atoms with Gasteiger partial charge in [-0.1, -0.05) is 48.0 Å². The molecule has 0 aliphatic rings. The third-order valence-corrected chi connectivity index (χ3v) is 3.68. The molecule has 21 heavy (non-hydrogen) atoms. The summed E-state index contributed by atoms with van der Waals surface area (Å²) in [5.41, 5.74) is 7.57. The van der Waals surface area contributed by atoms with Crippen molar-refractivity contribution in [3.05, 3.63) is 71.4 Å². The van der Waals surface area contributed by atoms with Gasteiger partial charge in [0.2, 0.25) is 0 Å². The summed E-state index contributed by atoms with van der Waals surface area (Å²) >= 11 is 6.23. The zero-order chi connectivity index (χ0) is 14.7. The van der Waals surface area contributed by atoms with Crippen LogP contribution in [0.15, 0.2) is 60.8 Å². The minimum absolute atomic E-state index is 0.300. The summed E-state index contributed by atoms with van der Waals surface area (Å²) < 4.78 is 6.07. The maximum absolute atomic E-state index is 6.23. The van der Waals surface area contributed by atoms with E-state index in [0.29, 0.717) is 17.3 Å². The highest BCUT2D eigenvalue weighted by Crippen LogP contribution is 2.30. The van der Waals surface area contributed by atoms with Crippen LogP contribution in [0.5, 0.6) is 5.75 Å². The average Bonchev–Trinajstić information content (AvgIpc) is 2.53. The topological polar surface area (TPSA) is 48.1 Å². The summed E-state index contributed by atoms with van der Waals surface area (Å²) in [6, 6.07) is 17.3. The van der Waals surface area contributed by atoms with Crippen LogP contribution >= 0.6 is 11.6 Å². The molecule has 4 heteroatoms. The molecular weight excluding hydrogens is 284 g/mol. The maximum Gasteiger partial charge on any atom is 0.146 e. The number of benzene rings is 2. The maximum atomic E-state index is 6.23. The summed E-state index contributed by atoms with van der Waals surface area (Å²) in [6.45, 7) is 0.340. The first-order valence-electron chi connectivity index (χ1n) is 6.74. The molecule has 0 aliphatic carbocycles. The minimum atomic E-state index is -0.300. The van der Waals surface area contributed by atoms with Crippen molar-refractivity contribution in [1.29, 1.82) is 0 Å². The number of pyridine rings is 1. The van der Waals surface area contributed by atoms with Gasteiger partial charge in [-0.2, -0.15) is 0 Å². The van der Waals surface area contributed by atoms with E-state index in [4.69, 9.17) is 22.1 Å². The Hall–Kier alpha value is -2.10. The van der Waals surface area contributed by atoms with Crippen LogP contribution in [0.25, 0.3) is 10.9 Å². The van der Waals surface area contributed by atoms with Gasteiger partial charge in [0, 0.05) is 28.7 Å². The molecule has 3 rings (SSSR count). The Kier molecular flexibility index (Phi) is 4.04. The molecule has 0 aliphatic heterocycles. The molecular formula is C17H15ClN2O. The SMILES string of the molecule is NCC(Oc1cccc2cccnc12)c1ccccc1Cl. The van der Waals surface area contributed by atoms with Gasteiger partial charge in [0.05, 0.1) is 0 Å². The number of nitrogens with two attached hydrogens (primary N) is 1. The van der Waals surface area contributed by atoms with Crippen molar-refractivity contribution in [2.45, 2.75) is 6.10 Å². The predicted molar refractivity (Wildman–Crippen MR) is 85.6 cm³/mol. The lowest BCUT2D eigenvalue weighted by molar-refractivity contribution is 0.217. The number of nitrogens with zero attached hydrogens (tertiary/aromatic N) is 1. The summed E-state index contributed by atoms with van der Waals surface area (Å²) in [5.74, 6) is 0.712. The largest absolute Gasteiger partial charge is 0.482 e. The Balaban J connectivity index is 1.98. The minimum Gasteiger partial charge on any atom is -0.482 e. The van der Waals surface area contributed by atoms with E-state index in [-0.39, 0.29) is 6.10 Å². The van der Waals surface area contributed by atoms with Gasteiger partial charge in [-0.05, 0) is 18.2 Å². The summed E-state index contributed by atoms with van der Waals surface area (Å²) in [4.78, 5) is 4.39. The van der Waals surface area contributed by atoms with Crippen LogP contribution in [0, 0.1) is 0 Å². The van der Waals surface area contributed by atoms with Gasteiger partial charge in [-0.15, -0.1) is 0 Å². The number of hydrogen-bond donors (Lipinski definition) is 1. The third kappa shape index (κ3) is 2.84. The van der Waals surface area contributed by atoms with E-state index in [9.17, 15) is 0 Å². The molecule has 3 aromatic rings. The van der Waals surface area contributed by atoms with Crippen LogP contribution < -0.4 is 10.5 Å². The second-order valence-corrected chi connectivity index (χ2v) is 5.10. The molecule has 1 atom stereocenters. The lowest BCUT2D eigenvalue weighted by Gasteiger charge is -2.19. The first-order valence-corrected chi connectivity index (χ1v) is 7.12. The van der Waals surface area contributed by atoms with Crippen LogP contribution in [-0.2, 0) is 0 Å². The van der Waals surface area contributed by atoms with Crippen LogP contribution in [0.2, 0.25) is 5.02 Å². The van der Waals surface area contributed by atoms with E-state index < -0.39 is 0 Å². The normalized spacial score (nSPS) is 12.3. The molecule has 0 radical (unpaired) electrons. The number of rotatable bonds is 4. The molecule has 0 spiro atoms. The molecule has 0 saturated heterocycles. The first-order chi connectivity index (χ1) is 10.3. The van der Waals surface area contributed by atoms with E-state index in [1.165, 1.54) is 0 Å². The number of ether oxygens (including phenoxy) is 1. The molecule has 106 valence electrons. The number of halogens is 1. The van der Waals surface area contributed by atoms with Crippen LogP contribution in [0.1, 0.15) is 11.7 Å². The zero-order valence-corrected chi connectivity index (χ0v) is 12.1. The van der Waals surface area contributed by atoms with Gasteiger partial charge >= 0.3 is 0 Å². The summed E-state index contributed by atoms with van der Waals surface area (Å²) in [7, 11) is 0. The van der Waals surface area contributed by atoms with Crippen LogP contribution in [-0.4, -0.2) is 11.5 Å². The third-order valence-electron chi connectivity index (χ3n) is 3.33. The highest BCUT2D eigenvalue weighted by Gasteiger charge is 2.16. The molecule has 2 N–H and O–H groups in total. The molecule has 1 unspecified atom stereocenters. The van der Waals surface area contributed by atoms with Crippen molar-refractivity contribution in [2.75, 3.05) is 6.54 Å². The lowest BCUT2D eigenvalue weighted by atomic mass is 10.1. The predicted octanol–water partition coefficient (Wildman–Crippen LogP) is 3.97. The van der Waals surface area contributed by atoms with Gasteiger partial charge < -0.3 is 10.5 Å². The molecule has 0 bridgehead atoms. The Bertz CT molecular complexity index is 755. The van der Waals surface area contributed by atoms with E-state index >= 15 is 0 Å². The van der Waals surface area contributed by atoms with E-state index in [1.807, 2.05) is 54.6 Å². The van der Waals surface area contributed by atoms with Crippen molar-refractivity contribution in [3.63, 3.8) is 0 Å². The number of para-hydroxylation sites is 1. The van der Waals surface area contributed by atoms with Crippen molar-refractivity contribution in [3.8, 4) is 5.75 Å². The Morgan fingerprint density at radius 1 is 1.05 bits per heavy atom. The van der Waals surface area contributed by atoms with Crippen molar-refractivity contribution in [1.82, 2.24) is 4.98 Å². The monoisotopic (exact) mass is 298 g/mol. The molecule has 2 aromatic carbocycles. The smallest absolute Gasteiger partial charge is 0.146 e. The van der Waals surface area contributed by atoms with Gasteiger partial charge in [0.15, 0.2) is 0 Å². The molecule has 1 aromatic heterocycles. The second kappa shape index (κ2) is 6.12. The number of hydrogen-bond acceptors (Lipinski definition) is 3. The quantitative estimate of drug-likeness (QED) is 0.793. The Morgan fingerprint density at radius 2 is 1.86 bits per heavy atom. The van der Waals surface area contributed by atoms with Crippen LogP contribution in [0.3, 0.4) is 0 Å². The molecule has 0 amide bonds. The van der Waals surface area contributed by atoms with Crippen molar-refractivity contribution >= 4 is 22.5 Å². The zero-order valence-electron chi connectivity index (χ0n) is 11.4. The number of fused-ring (bicyclic) bond motifs is 1. The van der Waals surface area contributed by atoms with Crippen molar-refractivity contribution < 1.29 is 4.74 Å². The molecule has 1 heterocycles. The average molecular weight is 299 g/mol. The molecule has 3 nitrogen and oxygen atoms in total. The van der Waals surface area contributed by atoms with Gasteiger partial charge in [-0.25, -0.2) is 0 Å². The second-order valence-electron chi connectivity index (χ2n) is 4.69. The van der Waals surface area contributed by atoms with Gasteiger partial charge in [0.1, 0.15) is 17.4 Å². The highest BCUT2D eigenvalue weighted by molar-refractivity contribution is 6.31. The fourth-order valence-electron chi connectivity index (χ4n) is 2.30. The lowest BCUT2D eigenvalue weighted by Crippen LogP contribution is -2.19.